The van der Waals surface area contributed by atoms with Crippen LogP contribution in [0.15, 0.2) is 59.8 Å². The molecule has 0 saturated heterocycles. The third kappa shape index (κ3) is 4.83. The van der Waals surface area contributed by atoms with Crippen LogP contribution in [0.2, 0.25) is 0 Å². The van der Waals surface area contributed by atoms with Gasteiger partial charge in [0, 0.05) is 43.7 Å². The van der Waals surface area contributed by atoms with Crippen LogP contribution in [0, 0.1) is 13.8 Å². The number of carbonyl (C=O) groups is 1. The van der Waals surface area contributed by atoms with Crippen LogP contribution in [0.1, 0.15) is 27.0 Å². The Morgan fingerprint density at radius 3 is 2.38 bits per heavy atom. The van der Waals surface area contributed by atoms with Crippen LogP contribution >= 0.6 is 0 Å². The van der Waals surface area contributed by atoms with Crippen LogP contribution in [0.5, 0.6) is 0 Å². The molecule has 0 aliphatic rings. The minimum atomic E-state index is -3.74. The number of sulfonamides is 1. The van der Waals surface area contributed by atoms with Crippen molar-refractivity contribution in [3.63, 3.8) is 0 Å². The largest absolute Gasteiger partial charge is 0.337 e. The molecule has 0 aliphatic heterocycles. The molecule has 1 amide bonds. The standard InChI is InChI=1S/C21H24N4O3S/c1-15-5-8-19(11-16(15)2)23-29(27,28)20-9-6-18(7-10-20)21(26)24(3)13-17-12-22-25(4)14-17/h5-12,14,23H,13H2,1-4H3. The van der Waals surface area contributed by atoms with E-state index in [4.69, 9.17) is 0 Å². The van der Waals surface area contributed by atoms with Crippen LogP contribution in [0.3, 0.4) is 0 Å². The van der Waals surface area contributed by atoms with E-state index in [2.05, 4.69) is 9.82 Å². The molecule has 29 heavy (non-hydrogen) atoms. The highest BCUT2D eigenvalue weighted by Gasteiger charge is 2.17. The number of amides is 1. The summed E-state index contributed by atoms with van der Waals surface area (Å²) in [5.41, 5.74) is 3.93. The predicted octanol–water partition coefficient (Wildman–Crippen LogP) is 3.11. The van der Waals surface area contributed by atoms with E-state index in [1.807, 2.05) is 33.2 Å². The molecule has 0 radical (unpaired) electrons. The molecule has 0 aliphatic carbocycles. The SMILES string of the molecule is Cc1ccc(NS(=O)(=O)c2ccc(C(=O)N(C)Cc3cnn(C)c3)cc2)cc1C. The average molecular weight is 413 g/mol. The van der Waals surface area contributed by atoms with E-state index < -0.39 is 10.0 Å². The Kier molecular flexibility index (Phi) is 5.74. The van der Waals surface area contributed by atoms with Crippen molar-refractivity contribution < 1.29 is 13.2 Å². The maximum absolute atomic E-state index is 12.6. The number of hydrogen-bond acceptors (Lipinski definition) is 4. The second-order valence-electron chi connectivity index (χ2n) is 7.11. The molecule has 0 fully saturated rings. The first kappa shape index (κ1) is 20.6. The van der Waals surface area contributed by atoms with Gasteiger partial charge in [-0.2, -0.15) is 5.10 Å². The van der Waals surface area contributed by atoms with E-state index in [1.54, 1.807) is 35.0 Å². The van der Waals surface area contributed by atoms with Crippen molar-refractivity contribution >= 4 is 21.6 Å². The zero-order valence-corrected chi connectivity index (χ0v) is 17.7. The van der Waals surface area contributed by atoms with Gasteiger partial charge in [0.15, 0.2) is 0 Å². The monoisotopic (exact) mass is 412 g/mol. The molecule has 1 aromatic heterocycles. The predicted molar refractivity (Wildman–Crippen MR) is 112 cm³/mol. The Labute approximate surface area is 171 Å². The highest BCUT2D eigenvalue weighted by atomic mass is 32.2. The lowest BCUT2D eigenvalue weighted by atomic mass is 10.1. The fraction of sp³-hybridized carbons (Fsp3) is 0.238. The summed E-state index contributed by atoms with van der Waals surface area (Å²) < 4.78 is 29.5. The molecule has 1 N–H and O–H groups in total. The quantitative estimate of drug-likeness (QED) is 0.674. The van der Waals surface area contributed by atoms with Gasteiger partial charge in [-0.25, -0.2) is 8.42 Å². The van der Waals surface area contributed by atoms with Gasteiger partial charge in [0.25, 0.3) is 15.9 Å². The molecule has 152 valence electrons. The minimum absolute atomic E-state index is 0.0993. The van der Waals surface area contributed by atoms with Crippen molar-refractivity contribution in [1.82, 2.24) is 14.7 Å². The molecule has 2 aromatic carbocycles. The van der Waals surface area contributed by atoms with Crippen molar-refractivity contribution in [1.29, 1.82) is 0 Å². The van der Waals surface area contributed by atoms with Crippen molar-refractivity contribution in [2.45, 2.75) is 25.3 Å². The van der Waals surface area contributed by atoms with E-state index in [1.165, 1.54) is 24.3 Å². The lowest BCUT2D eigenvalue weighted by molar-refractivity contribution is 0.0785. The van der Waals surface area contributed by atoms with Crippen molar-refractivity contribution in [2.75, 3.05) is 11.8 Å². The summed E-state index contributed by atoms with van der Waals surface area (Å²) in [6, 6.07) is 11.3. The van der Waals surface area contributed by atoms with E-state index in [0.29, 0.717) is 17.8 Å². The van der Waals surface area contributed by atoms with Gasteiger partial charge in [-0.3, -0.25) is 14.2 Å². The second-order valence-corrected chi connectivity index (χ2v) is 8.79. The first-order chi connectivity index (χ1) is 13.7. The number of anilines is 1. The van der Waals surface area contributed by atoms with E-state index in [0.717, 1.165) is 16.7 Å². The number of carbonyl (C=O) groups excluding carboxylic acids is 1. The molecule has 8 heteroatoms. The molecular formula is C21H24N4O3S. The maximum atomic E-state index is 12.6. The van der Waals surface area contributed by atoms with Gasteiger partial charge < -0.3 is 4.90 Å². The molecule has 0 unspecified atom stereocenters. The average Bonchev–Trinajstić information content (AvgIpc) is 3.08. The number of nitrogens with zero attached hydrogens (tertiary/aromatic N) is 3. The van der Waals surface area contributed by atoms with Crippen LogP contribution < -0.4 is 4.72 Å². The second kappa shape index (κ2) is 8.08. The fourth-order valence-electron chi connectivity index (χ4n) is 2.92. The number of nitrogens with one attached hydrogen (secondary N) is 1. The van der Waals surface area contributed by atoms with Crippen LogP contribution in [0.25, 0.3) is 0 Å². The van der Waals surface area contributed by atoms with Crippen LogP contribution in [-0.2, 0) is 23.6 Å². The highest BCUT2D eigenvalue weighted by Crippen LogP contribution is 2.20. The maximum Gasteiger partial charge on any atom is 0.261 e. The molecule has 7 nitrogen and oxygen atoms in total. The third-order valence-electron chi connectivity index (χ3n) is 4.70. The van der Waals surface area contributed by atoms with Crippen LogP contribution in [-0.4, -0.2) is 36.1 Å². The smallest absolute Gasteiger partial charge is 0.261 e. The van der Waals surface area contributed by atoms with Gasteiger partial charge in [0.1, 0.15) is 0 Å². The number of benzene rings is 2. The molecule has 0 spiro atoms. The lowest BCUT2D eigenvalue weighted by Crippen LogP contribution is -2.26. The Hall–Kier alpha value is -3.13. The Balaban J connectivity index is 1.72. The molecule has 3 aromatic rings. The number of rotatable bonds is 6. The number of hydrogen-bond donors (Lipinski definition) is 1. The molecule has 0 bridgehead atoms. The summed E-state index contributed by atoms with van der Waals surface area (Å²) >= 11 is 0. The Bertz CT molecular complexity index is 1130. The summed E-state index contributed by atoms with van der Waals surface area (Å²) in [6.07, 6.45) is 3.55. The number of aromatic nitrogens is 2. The fourth-order valence-corrected chi connectivity index (χ4v) is 3.96. The zero-order chi connectivity index (χ0) is 21.2. The molecular weight excluding hydrogens is 388 g/mol. The minimum Gasteiger partial charge on any atom is -0.337 e. The topological polar surface area (TPSA) is 84.3 Å². The van der Waals surface area contributed by atoms with E-state index in [-0.39, 0.29) is 10.8 Å². The normalized spacial score (nSPS) is 11.3. The van der Waals surface area contributed by atoms with Crippen molar-refractivity contribution in [3.8, 4) is 0 Å². The Morgan fingerprint density at radius 2 is 1.79 bits per heavy atom. The van der Waals surface area contributed by atoms with Gasteiger partial charge in [-0.15, -0.1) is 0 Å². The van der Waals surface area contributed by atoms with Gasteiger partial charge in [-0.1, -0.05) is 6.07 Å². The molecule has 3 rings (SSSR count). The summed E-state index contributed by atoms with van der Waals surface area (Å²) in [5.74, 6) is -0.195. The summed E-state index contributed by atoms with van der Waals surface area (Å²) in [4.78, 5) is 14.3. The van der Waals surface area contributed by atoms with Gasteiger partial charge >= 0.3 is 0 Å². The van der Waals surface area contributed by atoms with Gasteiger partial charge in [0.05, 0.1) is 11.1 Å². The first-order valence-electron chi connectivity index (χ1n) is 9.09. The number of aryl methyl sites for hydroxylation is 3. The van der Waals surface area contributed by atoms with Gasteiger partial charge in [0.2, 0.25) is 0 Å². The van der Waals surface area contributed by atoms with Gasteiger partial charge in [-0.05, 0) is 61.4 Å². The molecule has 0 saturated carbocycles. The summed E-state index contributed by atoms with van der Waals surface area (Å²) in [7, 11) is -0.226. The van der Waals surface area contributed by atoms with E-state index in [9.17, 15) is 13.2 Å². The summed E-state index contributed by atoms with van der Waals surface area (Å²) in [6.45, 7) is 4.31. The highest BCUT2D eigenvalue weighted by molar-refractivity contribution is 7.92. The van der Waals surface area contributed by atoms with Crippen LogP contribution in [0.4, 0.5) is 5.69 Å². The third-order valence-corrected chi connectivity index (χ3v) is 6.09. The van der Waals surface area contributed by atoms with E-state index >= 15 is 0 Å². The Morgan fingerprint density at radius 1 is 1.10 bits per heavy atom. The van der Waals surface area contributed by atoms with Crippen molar-refractivity contribution in [3.05, 3.63) is 77.1 Å². The lowest BCUT2D eigenvalue weighted by Gasteiger charge is -2.16. The summed E-state index contributed by atoms with van der Waals surface area (Å²) in [5, 5.41) is 4.09. The molecule has 1 heterocycles. The zero-order valence-electron chi connectivity index (χ0n) is 16.9. The molecule has 0 atom stereocenters. The first-order valence-corrected chi connectivity index (χ1v) is 10.6. The van der Waals surface area contributed by atoms with Crippen molar-refractivity contribution in [2.24, 2.45) is 7.05 Å².